The number of halogens is 2. The van der Waals surface area contributed by atoms with Crippen molar-refractivity contribution in [2.45, 2.75) is 6.54 Å². The number of rotatable bonds is 5. The number of amides is 1. The minimum atomic E-state index is -0.0847. The number of nitrogens with one attached hydrogen (secondary N) is 1. The summed E-state index contributed by atoms with van der Waals surface area (Å²) in [4.78, 5) is 25.6. The molecule has 150 valence electrons. The SMILES string of the molecule is O=C(c1cccc(Cl)c1Cl)N1CCN(Cc2cccc(Nc3ncns3)n2)CC1. The molecular formula is C19H18Cl2N6OS. The van der Waals surface area contributed by atoms with Crippen LogP contribution in [0.1, 0.15) is 16.1 Å². The lowest BCUT2D eigenvalue weighted by molar-refractivity contribution is 0.0627. The summed E-state index contributed by atoms with van der Waals surface area (Å²) in [6, 6.07) is 11.0. The lowest BCUT2D eigenvalue weighted by atomic mass is 10.1. The van der Waals surface area contributed by atoms with E-state index in [2.05, 4.69) is 24.6 Å². The predicted molar refractivity (Wildman–Crippen MR) is 115 cm³/mol. The van der Waals surface area contributed by atoms with Crippen LogP contribution in [0.2, 0.25) is 10.0 Å². The van der Waals surface area contributed by atoms with Crippen LogP contribution >= 0.6 is 34.7 Å². The van der Waals surface area contributed by atoms with E-state index in [-0.39, 0.29) is 5.91 Å². The summed E-state index contributed by atoms with van der Waals surface area (Å²) in [6.45, 7) is 3.50. The number of piperazine rings is 1. The Hall–Kier alpha value is -2.26. The van der Waals surface area contributed by atoms with E-state index in [9.17, 15) is 4.79 Å². The highest BCUT2D eigenvalue weighted by Gasteiger charge is 2.24. The van der Waals surface area contributed by atoms with Crippen molar-refractivity contribution >= 4 is 51.6 Å². The summed E-state index contributed by atoms with van der Waals surface area (Å²) in [5.74, 6) is 0.655. The third-order valence-electron chi connectivity index (χ3n) is 4.63. The number of nitrogens with zero attached hydrogens (tertiary/aromatic N) is 5. The minimum absolute atomic E-state index is 0.0847. The number of carbonyl (C=O) groups excluding carboxylic acids is 1. The van der Waals surface area contributed by atoms with Crippen LogP contribution in [-0.2, 0) is 6.54 Å². The molecule has 0 atom stereocenters. The molecule has 3 aromatic rings. The summed E-state index contributed by atoms with van der Waals surface area (Å²) < 4.78 is 3.97. The highest BCUT2D eigenvalue weighted by molar-refractivity contribution is 7.09. The maximum absolute atomic E-state index is 12.8. The van der Waals surface area contributed by atoms with E-state index in [4.69, 9.17) is 23.2 Å². The summed E-state index contributed by atoms with van der Waals surface area (Å²) >= 11 is 13.5. The van der Waals surface area contributed by atoms with E-state index in [1.807, 2.05) is 23.1 Å². The topological polar surface area (TPSA) is 74.2 Å². The largest absolute Gasteiger partial charge is 0.336 e. The van der Waals surface area contributed by atoms with Gasteiger partial charge in [0.2, 0.25) is 5.13 Å². The van der Waals surface area contributed by atoms with Gasteiger partial charge in [0, 0.05) is 44.3 Å². The molecule has 0 spiro atoms. The second-order valence-electron chi connectivity index (χ2n) is 6.56. The highest BCUT2D eigenvalue weighted by Crippen LogP contribution is 2.27. The van der Waals surface area contributed by atoms with Gasteiger partial charge >= 0.3 is 0 Å². The molecule has 4 rings (SSSR count). The van der Waals surface area contributed by atoms with Crippen molar-refractivity contribution in [2.75, 3.05) is 31.5 Å². The van der Waals surface area contributed by atoms with Crippen LogP contribution in [0.3, 0.4) is 0 Å². The molecule has 2 aromatic heterocycles. The monoisotopic (exact) mass is 448 g/mol. The van der Waals surface area contributed by atoms with E-state index in [1.165, 1.54) is 17.9 Å². The van der Waals surface area contributed by atoms with Crippen LogP contribution in [0.5, 0.6) is 0 Å². The molecule has 1 aliphatic heterocycles. The first-order valence-electron chi connectivity index (χ1n) is 9.05. The molecule has 1 amide bonds. The van der Waals surface area contributed by atoms with Crippen LogP contribution in [-0.4, -0.2) is 56.2 Å². The van der Waals surface area contributed by atoms with Crippen molar-refractivity contribution < 1.29 is 4.79 Å². The van der Waals surface area contributed by atoms with Gasteiger partial charge in [0.25, 0.3) is 5.91 Å². The average Bonchev–Trinajstić information content (AvgIpc) is 3.23. The van der Waals surface area contributed by atoms with Crippen molar-refractivity contribution in [3.8, 4) is 0 Å². The maximum atomic E-state index is 12.8. The molecule has 0 saturated carbocycles. The summed E-state index contributed by atoms with van der Waals surface area (Å²) in [6.07, 6.45) is 1.51. The van der Waals surface area contributed by atoms with E-state index in [0.29, 0.717) is 40.4 Å². The third-order valence-corrected chi connectivity index (χ3v) is 6.03. The van der Waals surface area contributed by atoms with Gasteiger partial charge in [-0.15, -0.1) is 0 Å². The smallest absolute Gasteiger partial charge is 0.255 e. The van der Waals surface area contributed by atoms with Gasteiger partial charge < -0.3 is 10.2 Å². The molecule has 7 nitrogen and oxygen atoms in total. The first-order valence-corrected chi connectivity index (χ1v) is 10.6. The number of pyridine rings is 1. The van der Waals surface area contributed by atoms with Crippen LogP contribution < -0.4 is 5.32 Å². The Kier molecular flexibility index (Phi) is 6.25. The van der Waals surface area contributed by atoms with Crippen LogP contribution in [0.25, 0.3) is 0 Å². The fraction of sp³-hybridized carbons (Fsp3) is 0.263. The number of anilines is 2. The zero-order chi connectivity index (χ0) is 20.2. The number of hydrogen-bond donors (Lipinski definition) is 1. The van der Waals surface area contributed by atoms with Gasteiger partial charge in [0.05, 0.1) is 21.3 Å². The van der Waals surface area contributed by atoms with Crippen molar-refractivity contribution in [1.29, 1.82) is 0 Å². The second kappa shape index (κ2) is 9.04. The van der Waals surface area contributed by atoms with Crippen molar-refractivity contribution in [3.05, 3.63) is 64.0 Å². The molecule has 29 heavy (non-hydrogen) atoms. The molecule has 1 aliphatic rings. The highest BCUT2D eigenvalue weighted by atomic mass is 35.5. The van der Waals surface area contributed by atoms with E-state index < -0.39 is 0 Å². The summed E-state index contributed by atoms with van der Waals surface area (Å²) in [7, 11) is 0. The van der Waals surface area contributed by atoms with E-state index in [1.54, 1.807) is 18.2 Å². The predicted octanol–water partition coefficient (Wildman–Crippen LogP) is 3.94. The molecule has 0 radical (unpaired) electrons. The molecule has 1 N–H and O–H groups in total. The van der Waals surface area contributed by atoms with Crippen molar-refractivity contribution in [2.24, 2.45) is 0 Å². The molecule has 10 heteroatoms. The molecule has 0 unspecified atom stereocenters. The van der Waals surface area contributed by atoms with Gasteiger partial charge in [-0.25, -0.2) is 9.97 Å². The van der Waals surface area contributed by atoms with Gasteiger partial charge in [-0.2, -0.15) is 4.37 Å². The quantitative estimate of drug-likeness (QED) is 0.636. The molecule has 0 aliphatic carbocycles. The molecule has 1 aromatic carbocycles. The number of aromatic nitrogens is 3. The molecule has 1 saturated heterocycles. The fourth-order valence-corrected chi connectivity index (χ4v) is 3.97. The zero-order valence-electron chi connectivity index (χ0n) is 15.4. The Morgan fingerprint density at radius 3 is 2.66 bits per heavy atom. The number of carbonyl (C=O) groups is 1. The van der Waals surface area contributed by atoms with Crippen molar-refractivity contribution in [1.82, 2.24) is 24.1 Å². The van der Waals surface area contributed by atoms with Crippen LogP contribution in [0, 0.1) is 0 Å². The summed E-state index contributed by atoms with van der Waals surface area (Å²) in [5, 5.41) is 4.56. The Bertz CT molecular complexity index is 992. The fourth-order valence-electron chi connectivity index (χ4n) is 3.15. The lowest BCUT2D eigenvalue weighted by Gasteiger charge is -2.34. The van der Waals surface area contributed by atoms with E-state index in [0.717, 1.165) is 24.6 Å². The average molecular weight is 449 g/mol. The molecule has 3 heterocycles. The van der Waals surface area contributed by atoms with Gasteiger partial charge in [-0.1, -0.05) is 35.3 Å². The Morgan fingerprint density at radius 2 is 1.90 bits per heavy atom. The summed E-state index contributed by atoms with van der Waals surface area (Å²) in [5.41, 5.74) is 1.40. The maximum Gasteiger partial charge on any atom is 0.255 e. The minimum Gasteiger partial charge on any atom is -0.336 e. The van der Waals surface area contributed by atoms with Gasteiger partial charge in [-0.05, 0) is 24.3 Å². The first kappa shape index (κ1) is 20.0. The van der Waals surface area contributed by atoms with Crippen LogP contribution in [0.15, 0.2) is 42.7 Å². The second-order valence-corrected chi connectivity index (χ2v) is 8.12. The van der Waals surface area contributed by atoms with Gasteiger partial charge in [-0.3, -0.25) is 9.69 Å². The first-order chi connectivity index (χ1) is 14.1. The third kappa shape index (κ3) is 4.84. The molecular weight excluding hydrogens is 431 g/mol. The van der Waals surface area contributed by atoms with Gasteiger partial charge in [0.1, 0.15) is 12.1 Å². The zero-order valence-corrected chi connectivity index (χ0v) is 17.7. The lowest BCUT2D eigenvalue weighted by Crippen LogP contribution is -2.48. The normalized spacial score (nSPS) is 14.8. The Morgan fingerprint density at radius 1 is 1.10 bits per heavy atom. The molecule has 1 fully saturated rings. The Labute approximate surface area is 182 Å². The van der Waals surface area contributed by atoms with Crippen LogP contribution in [0.4, 0.5) is 10.9 Å². The van der Waals surface area contributed by atoms with Gasteiger partial charge in [0.15, 0.2) is 0 Å². The number of hydrogen-bond acceptors (Lipinski definition) is 7. The number of benzene rings is 1. The standard InChI is InChI=1S/C19H18Cl2N6OS/c20-15-5-2-4-14(17(15)21)18(28)27-9-7-26(8-10-27)11-13-3-1-6-16(24-13)25-19-22-12-23-29-19/h1-6,12H,7-11H2,(H,22,23,24,25). The molecule has 0 bridgehead atoms. The Balaban J connectivity index is 1.34. The van der Waals surface area contributed by atoms with Crippen molar-refractivity contribution in [3.63, 3.8) is 0 Å². The van der Waals surface area contributed by atoms with E-state index >= 15 is 0 Å².